The lowest BCUT2D eigenvalue weighted by Crippen LogP contribution is -2.39. The van der Waals surface area contributed by atoms with Crippen LogP contribution in [-0.2, 0) is 11.8 Å². The second kappa shape index (κ2) is 5.78. The summed E-state index contributed by atoms with van der Waals surface area (Å²) in [6.45, 7) is 6.26. The van der Waals surface area contributed by atoms with Crippen molar-refractivity contribution in [1.29, 1.82) is 0 Å². The Morgan fingerprint density at radius 1 is 1.29 bits per heavy atom. The molecule has 1 aliphatic heterocycles. The molecule has 3 aromatic rings. The zero-order chi connectivity index (χ0) is 16.7. The number of hydrogen-bond donors (Lipinski definition) is 0. The average molecular weight is 329 g/mol. The zero-order valence-electron chi connectivity index (χ0n) is 13.9. The van der Waals surface area contributed by atoms with Gasteiger partial charge in [0.15, 0.2) is 5.82 Å². The van der Waals surface area contributed by atoms with Crippen LogP contribution in [0.1, 0.15) is 37.4 Å². The normalized spacial score (nSPS) is 18.7. The van der Waals surface area contributed by atoms with E-state index in [2.05, 4.69) is 55.6 Å². The molecular weight excluding hydrogens is 310 g/mol. The van der Waals surface area contributed by atoms with E-state index in [1.165, 1.54) is 0 Å². The van der Waals surface area contributed by atoms with Crippen molar-refractivity contribution >= 4 is 11.3 Å². The van der Waals surface area contributed by atoms with Crippen LogP contribution in [0.2, 0.25) is 0 Å². The molecule has 1 saturated heterocycles. The first-order valence-electron chi connectivity index (χ1n) is 7.93. The van der Waals surface area contributed by atoms with Gasteiger partial charge in [-0.15, -0.1) is 15.3 Å². The number of ether oxygens (including phenoxy) is 1. The summed E-state index contributed by atoms with van der Waals surface area (Å²) in [5.74, 6) is 1.03. The van der Waals surface area contributed by atoms with Crippen molar-refractivity contribution in [2.75, 3.05) is 24.6 Å². The van der Waals surface area contributed by atoms with Crippen LogP contribution in [0.4, 0.5) is 5.69 Å². The van der Waals surface area contributed by atoms with E-state index >= 15 is 0 Å². The van der Waals surface area contributed by atoms with Gasteiger partial charge in [0.2, 0.25) is 5.65 Å². The fourth-order valence-electron chi connectivity index (χ4n) is 2.88. The van der Waals surface area contributed by atoms with E-state index in [9.17, 15) is 0 Å². The van der Waals surface area contributed by atoms with Crippen LogP contribution >= 0.6 is 0 Å². The van der Waals surface area contributed by atoms with E-state index in [1.807, 2.05) is 7.05 Å². The SMILES string of the molecule is CC(C)c1cc(N2CCOC(c3nnnn3C)C2)c2nncn2n1. The van der Waals surface area contributed by atoms with Crippen LogP contribution in [0.5, 0.6) is 0 Å². The molecule has 0 N–H and O–H groups in total. The van der Waals surface area contributed by atoms with E-state index in [4.69, 9.17) is 4.74 Å². The second-order valence-electron chi connectivity index (χ2n) is 6.17. The van der Waals surface area contributed by atoms with Gasteiger partial charge < -0.3 is 9.64 Å². The number of nitrogens with zero attached hydrogens (tertiary/aromatic N) is 9. The molecule has 10 heteroatoms. The predicted molar refractivity (Wildman–Crippen MR) is 84.6 cm³/mol. The number of hydrogen-bond acceptors (Lipinski definition) is 8. The summed E-state index contributed by atoms with van der Waals surface area (Å²) in [6.07, 6.45) is 1.45. The maximum Gasteiger partial charge on any atom is 0.200 e. The molecule has 3 aromatic heterocycles. The van der Waals surface area contributed by atoms with Crippen molar-refractivity contribution in [3.63, 3.8) is 0 Å². The molecule has 0 aliphatic carbocycles. The summed E-state index contributed by atoms with van der Waals surface area (Å²) < 4.78 is 9.24. The van der Waals surface area contributed by atoms with Crippen molar-refractivity contribution in [3.05, 3.63) is 23.9 Å². The van der Waals surface area contributed by atoms with Crippen LogP contribution in [0, 0.1) is 0 Å². The summed E-state index contributed by atoms with van der Waals surface area (Å²) in [7, 11) is 1.82. The monoisotopic (exact) mass is 329 g/mol. The van der Waals surface area contributed by atoms with Crippen LogP contribution in [-0.4, -0.2) is 59.7 Å². The van der Waals surface area contributed by atoms with Crippen molar-refractivity contribution in [2.45, 2.75) is 25.9 Å². The first-order valence-corrected chi connectivity index (χ1v) is 7.93. The fourth-order valence-corrected chi connectivity index (χ4v) is 2.88. The van der Waals surface area contributed by atoms with Gasteiger partial charge >= 0.3 is 0 Å². The summed E-state index contributed by atoms with van der Waals surface area (Å²) in [5.41, 5.74) is 2.76. The van der Waals surface area contributed by atoms with E-state index in [-0.39, 0.29) is 6.10 Å². The standard InChI is InChI=1S/C14H19N9O/c1-9(2)10-6-11(13-16-15-8-23(13)18-10)22-4-5-24-12(7-22)14-17-19-20-21(14)3/h6,8-9,12H,4-5,7H2,1-3H3. The van der Waals surface area contributed by atoms with Gasteiger partial charge in [0.1, 0.15) is 12.4 Å². The minimum atomic E-state index is -0.183. The molecule has 4 rings (SSSR count). The number of aryl methyl sites for hydroxylation is 1. The number of rotatable bonds is 3. The Balaban J connectivity index is 1.71. The molecule has 0 bridgehead atoms. The highest BCUT2D eigenvalue weighted by atomic mass is 16.5. The molecule has 1 atom stereocenters. The Kier molecular flexibility index (Phi) is 3.60. The number of morpholine rings is 1. The molecule has 10 nitrogen and oxygen atoms in total. The smallest absolute Gasteiger partial charge is 0.200 e. The van der Waals surface area contributed by atoms with Crippen molar-refractivity contribution in [3.8, 4) is 0 Å². The largest absolute Gasteiger partial charge is 0.366 e. The number of anilines is 1. The molecule has 0 saturated carbocycles. The lowest BCUT2D eigenvalue weighted by atomic mass is 10.1. The molecule has 1 fully saturated rings. The van der Waals surface area contributed by atoms with E-state index in [0.29, 0.717) is 19.1 Å². The number of tetrazole rings is 1. The third kappa shape index (κ3) is 2.48. The minimum Gasteiger partial charge on any atom is -0.366 e. The number of fused-ring (bicyclic) bond motifs is 1. The molecule has 1 aliphatic rings. The lowest BCUT2D eigenvalue weighted by Gasteiger charge is -2.33. The number of aromatic nitrogens is 8. The molecule has 4 heterocycles. The molecule has 126 valence electrons. The predicted octanol–water partition coefficient (Wildman–Crippen LogP) is 0.349. The Bertz CT molecular complexity index is 855. The zero-order valence-corrected chi connectivity index (χ0v) is 13.9. The Morgan fingerprint density at radius 2 is 2.17 bits per heavy atom. The fraction of sp³-hybridized carbons (Fsp3) is 0.571. The lowest BCUT2D eigenvalue weighted by molar-refractivity contribution is 0.0317. The molecule has 24 heavy (non-hydrogen) atoms. The van der Waals surface area contributed by atoms with Gasteiger partial charge in [0, 0.05) is 13.6 Å². The third-order valence-corrected chi connectivity index (χ3v) is 4.21. The maximum atomic E-state index is 5.86. The third-order valence-electron chi connectivity index (χ3n) is 4.21. The van der Waals surface area contributed by atoms with Gasteiger partial charge in [-0.3, -0.25) is 0 Å². The van der Waals surface area contributed by atoms with Crippen molar-refractivity contribution in [2.24, 2.45) is 7.05 Å². The molecule has 0 spiro atoms. The van der Waals surface area contributed by atoms with Gasteiger partial charge in [0.05, 0.1) is 24.5 Å². The van der Waals surface area contributed by atoms with E-state index in [1.54, 1.807) is 15.5 Å². The first-order chi connectivity index (χ1) is 11.6. The second-order valence-corrected chi connectivity index (χ2v) is 6.17. The van der Waals surface area contributed by atoms with E-state index in [0.717, 1.165) is 29.4 Å². The topological polar surface area (TPSA) is 99.2 Å². The van der Waals surface area contributed by atoms with Crippen LogP contribution < -0.4 is 4.90 Å². The van der Waals surface area contributed by atoms with Gasteiger partial charge in [0.25, 0.3) is 0 Å². The molecular formula is C14H19N9O. The highest BCUT2D eigenvalue weighted by molar-refractivity contribution is 5.68. The minimum absolute atomic E-state index is 0.183. The van der Waals surface area contributed by atoms with E-state index < -0.39 is 0 Å². The van der Waals surface area contributed by atoms with Crippen LogP contribution in [0.3, 0.4) is 0 Å². The highest BCUT2D eigenvalue weighted by Crippen LogP contribution is 2.28. The first kappa shape index (κ1) is 14.9. The average Bonchev–Trinajstić information content (AvgIpc) is 3.22. The molecule has 0 amide bonds. The maximum absolute atomic E-state index is 5.86. The molecule has 1 unspecified atom stereocenters. The molecule has 0 aromatic carbocycles. The quantitative estimate of drug-likeness (QED) is 0.679. The van der Waals surface area contributed by atoms with Crippen molar-refractivity contribution < 1.29 is 4.74 Å². The Hall–Kier alpha value is -2.62. The van der Waals surface area contributed by atoms with Crippen LogP contribution in [0.15, 0.2) is 12.4 Å². The van der Waals surface area contributed by atoms with Crippen LogP contribution in [0.25, 0.3) is 5.65 Å². The summed E-state index contributed by atoms with van der Waals surface area (Å²) >= 11 is 0. The molecule has 0 radical (unpaired) electrons. The summed E-state index contributed by atoms with van der Waals surface area (Å²) in [4.78, 5) is 2.24. The van der Waals surface area contributed by atoms with Gasteiger partial charge in [-0.2, -0.15) is 9.61 Å². The van der Waals surface area contributed by atoms with Crippen molar-refractivity contribution in [1.82, 2.24) is 40.0 Å². The summed E-state index contributed by atoms with van der Waals surface area (Å²) in [6, 6.07) is 2.09. The van der Waals surface area contributed by atoms with Gasteiger partial charge in [-0.05, 0) is 22.4 Å². The van der Waals surface area contributed by atoms with Gasteiger partial charge in [-0.25, -0.2) is 4.68 Å². The van der Waals surface area contributed by atoms with Gasteiger partial charge in [-0.1, -0.05) is 13.8 Å². The Labute approximate surface area is 138 Å². The summed E-state index contributed by atoms with van der Waals surface area (Å²) in [5, 5.41) is 24.5. The highest BCUT2D eigenvalue weighted by Gasteiger charge is 2.28. The Morgan fingerprint density at radius 3 is 2.92 bits per heavy atom.